The molecule has 6 heteroatoms. The molecule has 1 aliphatic heterocycles. The van der Waals surface area contributed by atoms with Gasteiger partial charge in [0.25, 0.3) is 0 Å². The van der Waals surface area contributed by atoms with Crippen LogP contribution in [-0.2, 0) is 11.2 Å². The Balaban J connectivity index is 1.46. The first kappa shape index (κ1) is 20.3. The van der Waals surface area contributed by atoms with E-state index in [1.54, 1.807) is 20.5 Å². The number of carbonyl (C=O) groups excluding carboxylic acids is 1. The lowest BCUT2D eigenvalue weighted by atomic mass is 10.0. The number of likely N-dealkylation sites (tertiary alicyclic amines) is 1. The topological polar surface area (TPSA) is 63.9 Å². The lowest BCUT2D eigenvalue weighted by Gasteiger charge is -2.29. The molecule has 0 saturated carbocycles. The number of para-hydroxylation sites is 1. The normalized spacial score (nSPS) is 15.3. The second-order valence-electron chi connectivity index (χ2n) is 7.60. The fraction of sp³-hybridized carbons (Fsp3) is 0.375. The van der Waals surface area contributed by atoms with Gasteiger partial charge in [-0.1, -0.05) is 18.2 Å². The maximum atomic E-state index is 12.8. The third-order valence-corrected chi connectivity index (χ3v) is 5.79. The molecular formula is C24H28N2O4. The highest BCUT2D eigenvalue weighted by Crippen LogP contribution is 2.31. The molecule has 0 bridgehead atoms. The molecule has 1 N–H and O–H groups in total. The van der Waals surface area contributed by atoms with Gasteiger partial charge in [-0.2, -0.15) is 0 Å². The Kier molecular flexibility index (Phi) is 6.23. The molecule has 4 rings (SSSR count). The molecule has 6 nitrogen and oxygen atoms in total. The van der Waals surface area contributed by atoms with Gasteiger partial charge in [-0.05, 0) is 44.1 Å². The average molecular weight is 408 g/mol. The first-order valence-corrected chi connectivity index (χ1v) is 10.4. The third kappa shape index (κ3) is 4.28. The second-order valence-corrected chi connectivity index (χ2v) is 7.60. The van der Waals surface area contributed by atoms with Crippen LogP contribution >= 0.6 is 0 Å². The number of hydrogen-bond donors (Lipinski definition) is 1. The zero-order valence-corrected chi connectivity index (χ0v) is 17.5. The number of carbonyl (C=O) groups is 1. The molecule has 0 unspecified atom stereocenters. The number of furan rings is 1. The minimum Gasteiger partial charge on any atom is -0.497 e. The number of ether oxygens (including phenoxy) is 2. The summed E-state index contributed by atoms with van der Waals surface area (Å²) < 4.78 is 16.4. The Morgan fingerprint density at radius 1 is 1.13 bits per heavy atom. The van der Waals surface area contributed by atoms with Gasteiger partial charge in [0.15, 0.2) is 0 Å². The van der Waals surface area contributed by atoms with E-state index in [-0.39, 0.29) is 18.4 Å². The van der Waals surface area contributed by atoms with Crippen LogP contribution in [0.5, 0.6) is 11.5 Å². The summed E-state index contributed by atoms with van der Waals surface area (Å²) in [7, 11) is 3.31. The van der Waals surface area contributed by atoms with Crippen molar-refractivity contribution in [3.8, 4) is 11.5 Å². The van der Waals surface area contributed by atoms with Gasteiger partial charge in [0.2, 0.25) is 5.91 Å². The summed E-state index contributed by atoms with van der Waals surface area (Å²) >= 11 is 0. The third-order valence-electron chi connectivity index (χ3n) is 5.79. The van der Waals surface area contributed by atoms with Crippen LogP contribution in [0.2, 0.25) is 0 Å². The van der Waals surface area contributed by atoms with Crippen molar-refractivity contribution in [2.45, 2.75) is 25.3 Å². The van der Waals surface area contributed by atoms with Gasteiger partial charge in [0.05, 0.1) is 32.9 Å². The fourth-order valence-corrected chi connectivity index (χ4v) is 4.20. The Morgan fingerprint density at radius 3 is 2.70 bits per heavy atom. The van der Waals surface area contributed by atoms with Crippen molar-refractivity contribution in [3.63, 3.8) is 0 Å². The molecule has 2 heterocycles. The molecule has 158 valence electrons. The van der Waals surface area contributed by atoms with Crippen LogP contribution in [0.4, 0.5) is 0 Å². The largest absolute Gasteiger partial charge is 0.497 e. The summed E-state index contributed by atoms with van der Waals surface area (Å²) in [6.45, 7) is 2.61. The number of benzene rings is 2. The molecule has 1 atom stereocenters. The minimum absolute atomic E-state index is 0.0207. The Labute approximate surface area is 176 Å². The molecule has 3 aromatic rings. The number of amides is 1. The van der Waals surface area contributed by atoms with Crippen LogP contribution < -0.4 is 14.8 Å². The van der Waals surface area contributed by atoms with Gasteiger partial charge in [0.1, 0.15) is 17.1 Å². The van der Waals surface area contributed by atoms with Crippen molar-refractivity contribution in [1.82, 2.24) is 10.2 Å². The van der Waals surface area contributed by atoms with E-state index in [1.165, 1.54) is 12.8 Å². The smallest absolute Gasteiger partial charge is 0.224 e. The van der Waals surface area contributed by atoms with E-state index in [2.05, 4.69) is 16.3 Å². The quantitative estimate of drug-likeness (QED) is 0.612. The van der Waals surface area contributed by atoms with E-state index >= 15 is 0 Å². The summed E-state index contributed by atoms with van der Waals surface area (Å²) in [6.07, 6.45) is 4.30. The van der Waals surface area contributed by atoms with Crippen LogP contribution in [0, 0.1) is 0 Å². The van der Waals surface area contributed by atoms with Crippen molar-refractivity contribution in [2.24, 2.45) is 0 Å². The van der Waals surface area contributed by atoms with E-state index in [9.17, 15) is 4.79 Å². The minimum atomic E-state index is -0.0207. The number of hydrogen-bond acceptors (Lipinski definition) is 5. The van der Waals surface area contributed by atoms with Crippen molar-refractivity contribution in [1.29, 1.82) is 0 Å². The Hall–Kier alpha value is -2.99. The van der Waals surface area contributed by atoms with Crippen LogP contribution in [0.15, 0.2) is 53.1 Å². The fourth-order valence-electron chi connectivity index (χ4n) is 4.20. The van der Waals surface area contributed by atoms with Crippen molar-refractivity contribution >= 4 is 16.9 Å². The molecular weight excluding hydrogens is 380 g/mol. The van der Waals surface area contributed by atoms with E-state index in [1.807, 2.05) is 36.4 Å². The molecule has 1 aromatic heterocycles. The van der Waals surface area contributed by atoms with Crippen molar-refractivity contribution in [2.75, 3.05) is 33.9 Å². The number of rotatable bonds is 8. The molecule has 1 amide bonds. The second kappa shape index (κ2) is 9.22. The van der Waals surface area contributed by atoms with Crippen LogP contribution in [0.25, 0.3) is 11.0 Å². The molecule has 30 heavy (non-hydrogen) atoms. The summed E-state index contributed by atoms with van der Waals surface area (Å²) in [5.74, 6) is 1.57. The van der Waals surface area contributed by atoms with Crippen LogP contribution in [-0.4, -0.2) is 44.7 Å². The van der Waals surface area contributed by atoms with Gasteiger partial charge in [-0.25, -0.2) is 0 Å². The molecule has 1 aliphatic rings. The highest BCUT2D eigenvalue weighted by Gasteiger charge is 2.26. The van der Waals surface area contributed by atoms with Crippen LogP contribution in [0.1, 0.15) is 30.0 Å². The standard InChI is InChI=1S/C24H28N2O4/c1-28-18-9-10-19-17(16-30-23(19)14-18)13-24(27)25-15-21(26-11-5-6-12-26)20-7-3-4-8-22(20)29-2/h3-4,7-10,14,16,21H,5-6,11-13,15H2,1-2H3,(H,25,27)/t21-/m1/s1. The molecule has 1 fully saturated rings. The lowest BCUT2D eigenvalue weighted by Crippen LogP contribution is -2.37. The average Bonchev–Trinajstić information content (AvgIpc) is 3.44. The molecule has 0 radical (unpaired) electrons. The predicted molar refractivity (Wildman–Crippen MR) is 116 cm³/mol. The molecule has 2 aromatic carbocycles. The van der Waals surface area contributed by atoms with E-state index in [0.29, 0.717) is 6.54 Å². The first-order valence-electron chi connectivity index (χ1n) is 10.4. The van der Waals surface area contributed by atoms with Crippen LogP contribution in [0.3, 0.4) is 0 Å². The number of fused-ring (bicyclic) bond motifs is 1. The maximum absolute atomic E-state index is 12.8. The molecule has 0 spiro atoms. The maximum Gasteiger partial charge on any atom is 0.224 e. The zero-order valence-electron chi connectivity index (χ0n) is 17.5. The Morgan fingerprint density at radius 2 is 1.93 bits per heavy atom. The van der Waals surface area contributed by atoms with Crippen molar-refractivity contribution < 1.29 is 18.7 Å². The number of nitrogens with one attached hydrogen (secondary N) is 1. The van der Waals surface area contributed by atoms with Gasteiger partial charge < -0.3 is 19.2 Å². The molecule has 0 aliphatic carbocycles. The van der Waals surface area contributed by atoms with E-state index in [4.69, 9.17) is 13.9 Å². The van der Waals surface area contributed by atoms with E-state index < -0.39 is 0 Å². The predicted octanol–water partition coefficient (Wildman–Crippen LogP) is 3.95. The highest BCUT2D eigenvalue weighted by atomic mass is 16.5. The lowest BCUT2D eigenvalue weighted by molar-refractivity contribution is -0.120. The first-order chi connectivity index (χ1) is 14.7. The SMILES string of the molecule is COc1ccc2c(CC(=O)NC[C@H](c3ccccc3OC)N3CCCC3)coc2c1. The van der Waals surface area contributed by atoms with Gasteiger partial charge in [0, 0.05) is 29.1 Å². The summed E-state index contributed by atoms with van der Waals surface area (Å²) in [6, 6.07) is 13.8. The monoisotopic (exact) mass is 408 g/mol. The van der Waals surface area contributed by atoms with Gasteiger partial charge in [-0.15, -0.1) is 0 Å². The van der Waals surface area contributed by atoms with Gasteiger partial charge in [-0.3, -0.25) is 9.69 Å². The van der Waals surface area contributed by atoms with Gasteiger partial charge >= 0.3 is 0 Å². The Bertz CT molecular complexity index is 1010. The molecule has 1 saturated heterocycles. The summed E-state index contributed by atoms with van der Waals surface area (Å²) in [5.41, 5.74) is 2.71. The summed E-state index contributed by atoms with van der Waals surface area (Å²) in [5, 5.41) is 4.07. The number of methoxy groups -OCH3 is 2. The number of nitrogens with zero attached hydrogens (tertiary/aromatic N) is 1. The highest BCUT2D eigenvalue weighted by molar-refractivity contribution is 5.88. The van der Waals surface area contributed by atoms with Crippen molar-refractivity contribution in [3.05, 3.63) is 59.9 Å². The van der Waals surface area contributed by atoms with E-state index in [0.717, 1.165) is 46.7 Å². The summed E-state index contributed by atoms with van der Waals surface area (Å²) in [4.78, 5) is 15.2. The zero-order chi connectivity index (χ0) is 20.9.